The van der Waals surface area contributed by atoms with E-state index in [4.69, 9.17) is 0 Å². The fourth-order valence-electron chi connectivity index (χ4n) is 2.24. The van der Waals surface area contributed by atoms with Crippen LogP contribution in [-0.2, 0) is 4.79 Å². The molecule has 4 nitrogen and oxygen atoms in total. The SMILES string of the molecule is O=C(NCC1(O)CCC1)C1CCNCC1. The van der Waals surface area contributed by atoms with Crippen LogP contribution in [0.4, 0.5) is 0 Å². The van der Waals surface area contributed by atoms with E-state index in [1.165, 1.54) is 0 Å². The molecule has 0 unspecified atom stereocenters. The summed E-state index contributed by atoms with van der Waals surface area (Å²) in [5.41, 5.74) is -0.595. The minimum atomic E-state index is -0.595. The van der Waals surface area contributed by atoms with E-state index < -0.39 is 5.60 Å². The van der Waals surface area contributed by atoms with Crippen LogP contribution in [0.2, 0.25) is 0 Å². The minimum absolute atomic E-state index is 0.122. The molecule has 0 radical (unpaired) electrons. The summed E-state index contributed by atoms with van der Waals surface area (Å²) in [7, 11) is 0. The number of amides is 1. The average Bonchev–Trinajstić information content (AvgIpc) is 2.24. The van der Waals surface area contributed by atoms with Gasteiger partial charge in [0.2, 0.25) is 5.91 Å². The zero-order chi connectivity index (χ0) is 10.7. The molecule has 86 valence electrons. The van der Waals surface area contributed by atoms with Gasteiger partial charge >= 0.3 is 0 Å². The Labute approximate surface area is 90.4 Å². The fourth-order valence-corrected chi connectivity index (χ4v) is 2.24. The molecule has 0 bridgehead atoms. The van der Waals surface area contributed by atoms with Crippen LogP contribution in [-0.4, -0.2) is 36.2 Å². The third-order valence-electron chi connectivity index (χ3n) is 3.59. The van der Waals surface area contributed by atoms with Crippen molar-refractivity contribution in [2.45, 2.75) is 37.7 Å². The lowest BCUT2D eigenvalue weighted by atomic mass is 9.80. The van der Waals surface area contributed by atoms with Gasteiger partial charge in [-0.05, 0) is 45.2 Å². The van der Waals surface area contributed by atoms with Gasteiger partial charge in [0.15, 0.2) is 0 Å². The highest BCUT2D eigenvalue weighted by molar-refractivity contribution is 5.78. The Kier molecular flexibility index (Phi) is 3.26. The molecule has 3 N–H and O–H groups in total. The summed E-state index contributed by atoms with van der Waals surface area (Å²) in [5, 5.41) is 15.9. The minimum Gasteiger partial charge on any atom is -0.388 e. The van der Waals surface area contributed by atoms with E-state index >= 15 is 0 Å². The van der Waals surface area contributed by atoms with Crippen LogP contribution < -0.4 is 10.6 Å². The average molecular weight is 212 g/mol. The summed E-state index contributed by atoms with van der Waals surface area (Å²) in [6.07, 6.45) is 4.59. The summed E-state index contributed by atoms with van der Waals surface area (Å²) in [6.45, 7) is 2.31. The maximum atomic E-state index is 11.7. The maximum Gasteiger partial charge on any atom is 0.223 e. The Bertz CT molecular complexity index is 233. The lowest BCUT2D eigenvalue weighted by molar-refractivity contribution is -0.128. The van der Waals surface area contributed by atoms with Crippen LogP contribution in [0, 0.1) is 5.92 Å². The monoisotopic (exact) mass is 212 g/mol. The lowest BCUT2D eigenvalue weighted by Crippen LogP contribution is -2.49. The smallest absolute Gasteiger partial charge is 0.223 e. The molecule has 15 heavy (non-hydrogen) atoms. The van der Waals surface area contributed by atoms with E-state index in [9.17, 15) is 9.90 Å². The Hall–Kier alpha value is -0.610. The lowest BCUT2D eigenvalue weighted by Gasteiger charge is -2.37. The van der Waals surface area contributed by atoms with Gasteiger partial charge in [0.1, 0.15) is 0 Å². The second kappa shape index (κ2) is 4.49. The van der Waals surface area contributed by atoms with Crippen LogP contribution in [0.1, 0.15) is 32.1 Å². The summed E-state index contributed by atoms with van der Waals surface area (Å²) < 4.78 is 0. The molecule has 1 aliphatic heterocycles. The van der Waals surface area contributed by atoms with E-state index in [-0.39, 0.29) is 11.8 Å². The highest BCUT2D eigenvalue weighted by atomic mass is 16.3. The topological polar surface area (TPSA) is 61.4 Å². The van der Waals surface area contributed by atoms with Crippen molar-refractivity contribution in [3.05, 3.63) is 0 Å². The standard InChI is InChI=1S/C11H20N2O2/c14-10(9-2-6-12-7-3-9)13-8-11(15)4-1-5-11/h9,12,15H,1-8H2,(H,13,14). The molecule has 0 aromatic carbocycles. The molecular formula is C11H20N2O2. The molecule has 0 atom stereocenters. The first-order chi connectivity index (χ1) is 7.20. The van der Waals surface area contributed by atoms with Crippen molar-refractivity contribution in [1.82, 2.24) is 10.6 Å². The number of hydrogen-bond donors (Lipinski definition) is 3. The van der Waals surface area contributed by atoms with Crippen molar-refractivity contribution in [3.63, 3.8) is 0 Å². The molecule has 1 saturated heterocycles. The van der Waals surface area contributed by atoms with Crippen LogP contribution in [0.5, 0.6) is 0 Å². The molecule has 0 aromatic rings. The van der Waals surface area contributed by atoms with Crippen molar-refractivity contribution < 1.29 is 9.90 Å². The zero-order valence-electron chi connectivity index (χ0n) is 9.09. The van der Waals surface area contributed by atoms with Gasteiger partial charge in [-0.1, -0.05) is 0 Å². The zero-order valence-corrected chi connectivity index (χ0v) is 9.09. The summed E-state index contributed by atoms with van der Waals surface area (Å²) in [5.74, 6) is 0.270. The molecular weight excluding hydrogens is 192 g/mol. The largest absolute Gasteiger partial charge is 0.388 e. The van der Waals surface area contributed by atoms with E-state index in [0.29, 0.717) is 6.54 Å². The van der Waals surface area contributed by atoms with E-state index in [0.717, 1.165) is 45.2 Å². The van der Waals surface area contributed by atoms with Crippen molar-refractivity contribution in [1.29, 1.82) is 0 Å². The highest BCUT2D eigenvalue weighted by Crippen LogP contribution is 2.30. The molecule has 1 heterocycles. The van der Waals surface area contributed by atoms with E-state index in [2.05, 4.69) is 10.6 Å². The molecule has 1 aliphatic carbocycles. The molecule has 4 heteroatoms. The van der Waals surface area contributed by atoms with Crippen molar-refractivity contribution >= 4 is 5.91 Å². The van der Waals surface area contributed by atoms with Crippen molar-refractivity contribution in [2.24, 2.45) is 5.92 Å². The van der Waals surface area contributed by atoms with E-state index in [1.807, 2.05) is 0 Å². The van der Waals surface area contributed by atoms with Gasteiger partial charge < -0.3 is 15.7 Å². The summed E-state index contributed by atoms with van der Waals surface area (Å²) >= 11 is 0. The highest BCUT2D eigenvalue weighted by Gasteiger charge is 2.35. The predicted molar refractivity (Wildman–Crippen MR) is 57.4 cm³/mol. The van der Waals surface area contributed by atoms with Gasteiger partial charge in [-0.3, -0.25) is 4.79 Å². The number of rotatable bonds is 3. The van der Waals surface area contributed by atoms with Gasteiger partial charge in [0.25, 0.3) is 0 Å². The van der Waals surface area contributed by atoms with Crippen molar-refractivity contribution in [2.75, 3.05) is 19.6 Å². The molecule has 2 fully saturated rings. The number of carbonyl (C=O) groups is 1. The van der Waals surface area contributed by atoms with Crippen LogP contribution in [0.25, 0.3) is 0 Å². The first-order valence-electron chi connectivity index (χ1n) is 5.90. The van der Waals surface area contributed by atoms with Crippen LogP contribution >= 0.6 is 0 Å². The number of piperidine rings is 1. The van der Waals surface area contributed by atoms with E-state index in [1.54, 1.807) is 0 Å². The normalized spacial score (nSPS) is 25.7. The van der Waals surface area contributed by atoms with Gasteiger partial charge in [0, 0.05) is 12.5 Å². The molecule has 1 amide bonds. The Balaban J connectivity index is 1.71. The van der Waals surface area contributed by atoms with Gasteiger partial charge in [-0.15, -0.1) is 0 Å². The molecule has 1 saturated carbocycles. The number of carbonyl (C=O) groups excluding carboxylic acids is 1. The number of aliphatic hydroxyl groups is 1. The second-order valence-electron chi connectivity index (χ2n) is 4.82. The Morgan fingerprint density at radius 3 is 2.60 bits per heavy atom. The third-order valence-corrected chi connectivity index (χ3v) is 3.59. The summed E-state index contributed by atoms with van der Waals surface area (Å²) in [4.78, 5) is 11.7. The first kappa shape index (κ1) is 10.9. The van der Waals surface area contributed by atoms with Gasteiger partial charge in [-0.25, -0.2) is 0 Å². The fraction of sp³-hybridized carbons (Fsp3) is 0.909. The third kappa shape index (κ3) is 2.69. The second-order valence-corrected chi connectivity index (χ2v) is 4.82. The van der Waals surface area contributed by atoms with Gasteiger partial charge in [0.05, 0.1) is 5.60 Å². The summed E-state index contributed by atoms with van der Waals surface area (Å²) in [6, 6.07) is 0. The number of hydrogen-bond acceptors (Lipinski definition) is 3. The quantitative estimate of drug-likeness (QED) is 0.618. The first-order valence-corrected chi connectivity index (χ1v) is 5.90. The maximum absolute atomic E-state index is 11.7. The molecule has 0 spiro atoms. The predicted octanol–water partition coefficient (Wildman–Crippen LogP) is 0.0172. The van der Waals surface area contributed by atoms with Gasteiger partial charge in [-0.2, -0.15) is 0 Å². The Morgan fingerprint density at radius 1 is 1.40 bits per heavy atom. The van der Waals surface area contributed by atoms with Crippen LogP contribution in [0.3, 0.4) is 0 Å². The molecule has 2 rings (SSSR count). The molecule has 0 aromatic heterocycles. The van der Waals surface area contributed by atoms with Crippen LogP contribution in [0.15, 0.2) is 0 Å². The molecule has 2 aliphatic rings. The Morgan fingerprint density at radius 2 is 2.07 bits per heavy atom. The van der Waals surface area contributed by atoms with Crippen molar-refractivity contribution in [3.8, 4) is 0 Å². The number of nitrogens with one attached hydrogen (secondary N) is 2.